The largest absolute Gasteiger partial charge is 0.496 e. The first-order valence-electron chi connectivity index (χ1n) is 9.67. The van der Waals surface area contributed by atoms with Crippen molar-refractivity contribution in [1.29, 1.82) is 0 Å². The highest BCUT2D eigenvalue weighted by atomic mass is 16.5. The van der Waals surface area contributed by atoms with Crippen LogP contribution in [0.1, 0.15) is 34.7 Å². The average Bonchev–Trinajstić information content (AvgIpc) is 2.75. The van der Waals surface area contributed by atoms with Crippen molar-refractivity contribution in [2.45, 2.75) is 39.6 Å². The maximum atomic E-state index is 9.63. The molecule has 2 aromatic carbocycles. The molecule has 0 spiro atoms. The van der Waals surface area contributed by atoms with E-state index in [4.69, 9.17) is 4.74 Å². The smallest absolute Gasteiger partial charge is 0.124 e. The van der Waals surface area contributed by atoms with Gasteiger partial charge in [-0.05, 0) is 46.9 Å². The number of pyridine rings is 1. The Morgan fingerprint density at radius 1 is 0.893 bits per heavy atom. The SMILES string of the molecule is CCc1ccc(CN(Cc2cccnc2)Cc2ccc(OC)c(CO)c2)cc1. The lowest BCUT2D eigenvalue weighted by Gasteiger charge is -2.23. The number of methoxy groups -OCH3 is 1. The van der Waals surface area contributed by atoms with Gasteiger partial charge in [0.25, 0.3) is 0 Å². The molecule has 3 rings (SSSR count). The van der Waals surface area contributed by atoms with Crippen molar-refractivity contribution >= 4 is 0 Å². The molecule has 0 saturated heterocycles. The number of hydrogen-bond acceptors (Lipinski definition) is 4. The normalized spacial score (nSPS) is 11.0. The molecule has 0 radical (unpaired) electrons. The molecule has 28 heavy (non-hydrogen) atoms. The molecule has 0 aliphatic heterocycles. The number of aryl methyl sites for hydroxylation is 1. The van der Waals surface area contributed by atoms with E-state index in [2.05, 4.69) is 53.2 Å². The van der Waals surface area contributed by atoms with Crippen LogP contribution in [-0.2, 0) is 32.7 Å². The second kappa shape index (κ2) is 10.0. The highest BCUT2D eigenvalue weighted by molar-refractivity contribution is 5.37. The summed E-state index contributed by atoms with van der Waals surface area (Å²) in [5.74, 6) is 0.722. The van der Waals surface area contributed by atoms with Gasteiger partial charge in [0.05, 0.1) is 13.7 Å². The van der Waals surface area contributed by atoms with Crippen LogP contribution in [0.4, 0.5) is 0 Å². The Balaban J connectivity index is 1.80. The Labute approximate surface area is 167 Å². The summed E-state index contributed by atoms with van der Waals surface area (Å²) >= 11 is 0. The fourth-order valence-corrected chi connectivity index (χ4v) is 3.37. The van der Waals surface area contributed by atoms with Gasteiger partial charge < -0.3 is 9.84 Å². The standard InChI is InChI=1S/C24H28N2O2/c1-3-19-6-8-20(9-7-19)15-26(17-22-5-4-12-25-14-22)16-21-10-11-24(28-2)23(13-21)18-27/h4-14,27H,3,15-18H2,1-2H3. The quantitative estimate of drug-likeness (QED) is 0.603. The summed E-state index contributed by atoms with van der Waals surface area (Å²) in [5.41, 5.74) is 5.79. The first kappa shape index (κ1) is 20.1. The zero-order valence-electron chi connectivity index (χ0n) is 16.6. The van der Waals surface area contributed by atoms with Gasteiger partial charge in [-0.3, -0.25) is 9.88 Å². The zero-order chi connectivity index (χ0) is 19.8. The summed E-state index contributed by atoms with van der Waals surface area (Å²) in [6.07, 6.45) is 4.77. The highest BCUT2D eigenvalue weighted by Gasteiger charge is 2.11. The third-order valence-corrected chi connectivity index (χ3v) is 4.89. The molecule has 3 aromatic rings. The molecule has 0 atom stereocenters. The van der Waals surface area contributed by atoms with Gasteiger partial charge in [0.2, 0.25) is 0 Å². The number of aliphatic hydroxyl groups excluding tert-OH is 1. The fourth-order valence-electron chi connectivity index (χ4n) is 3.37. The van der Waals surface area contributed by atoms with Crippen LogP contribution >= 0.6 is 0 Å². The van der Waals surface area contributed by atoms with E-state index < -0.39 is 0 Å². The molecule has 4 heteroatoms. The number of aliphatic hydroxyl groups is 1. The number of ether oxygens (including phenoxy) is 1. The predicted octanol–water partition coefficient (Wildman–Crippen LogP) is 4.35. The second-order valence-corrected chi connectivity index (χ2v) is 6.98. The van der Waals surface area contributed by atoms with Crippen LogP contribution in [-0.4, -0.2) is 22.1 Å². The van der Waals surface area contributed by atoms with Crippen LogP contribution in [0.3, 0.4) is 0 Å². The summed E-state index contributed by atoms with van der Waals surface area (Å²) in [6, 6.07) is 18.9. The lowest BCUT2D eigenvalue weighted by Crippen LogP contribution is -2.22. The minimum absolute atomic E-state index is 0.0297. The topological polar surface area (TPSA) is 45.6 Å². The van der Waals surface area contributed by atoms with E-state index in [0.29, 0.717) is 0 Å². The Morgan fingerprint density at radius 3 is 2.21 bits per heavy atom. The molecule has 146 valence electrons. The van der Waals surface area contributed by atoms with Gasteiger partial charge in [-0.1, -0.05) is 43.3 Å². The molecule has 0 bridgehead atoms. The Kier molecular flexibility index (Phi) is 7.18. The van der Waals surface area contributed by atoms with Crippen LogP contribution < -0.4 is 4.74 Å². The van der Waals surface area contributed by atoms with Crippen molar-refractivity contribution in [3.63, 3.8) is 0 Å². The van der Waals surface area contributed by atoms with E-state index in [1.165, 1.54) is 16.7 Å². The monoisotopic (exact) mass is 376 g/mol. The van der Waals surface area contributed by atoms with Crippen LogP contribution in [0, 0.1) is 0 Å². The van der Waals surface area contributed by atoms with E-state index in [0.717, 1.165) is 42.9 Å². The minimum atomic E-state index is -0.0297. The van der Waals surface area contributed by atoms with Gasteiger partial charge in [0.15, 0.2) is 0 Å². The Bertz CT molecular complexity index is 864. The van der Waals surface area contributed by atoms with Gasteiger partial charge in [-0.25, -0.2) is 0 Å². The van der Waals surface area contributed by atoms with Crippen molar-refractivity contribution < 1.29 is 9.84 Å². The molecule has 1 heterocycles. The maximum Gasteiger partial charge on any atom is 0.124 e. The van der Waals surface area contributed by atoms with Gasteiger partial charge in [0.1, 0.15) is 5.75 Å². The first-order valence-corrected chi connectivity index (χ1v) is 9.67. The van der Waals surface area contributed by atoms with E-state index in [1.54, 1.807) is 13.3 Å². The van der Waals surface area contributed by atoms with E-state index >= 15 is 0 Å². The summed E-state index contributed by atoms with van der Waals surface area (Å²) in [6.45, 7) is 4.58. The number of aromatic nitrogens is 1. The predicted molar refractivity (Wildman–Crippen MR) is 112 cm³/mol. The molecular formula is C24H28N2O2. The molecular weight excluding hydrogens is 348 g/mol. The van der Waals surface area contributed by atoms with E-state index in [-0.39, 0.29) is 6.61 Å². The van der Waals surface area contributed by atoms with Crippen molar-refractivity contribution in [3.05, 3.63) is 94.8 Å². The van der Waals surface area contributed by atoms with Gasteiger partial charge in [-0.2, -0.15) is 0 Å². The zero-order valence-corrected chi connectivity index (χ0v) is 16.6. The minimum Gasteiger partial charge on any atom is -0.496 e. The molecule has 4 nitrogen and oxygen atoms in total. The van der Waals surface area contributed by atoms with Crippen LogP contribution in [0.25, 0.3) is 0 Å². The van der Waals surface area contributed by atoms with Crippen molar-refractivity contribution in [1.82, 2.24) is 9.88 Å². The van der Waals surface area contributed by atoms with Crippen molar-refractivity contribution in [2.75, 3.05) is 7.11 Å². The molecule has 1 N–H and O–H groups in total. The van der Waals surface area contributed by atoms with Crippen LogP contribution in [0.15, 0.2) is 67.0 Å². The molecule has 0 aliphatic carbocycles. The molecule has 0 saturated carbocycles. The summed E-state index contributed by atoms with van der Waals surface area (Å²) < 4.78 is 5.33. The highest BCUT2D eigenvalue weighted by Crippen LogP contribution is 2.22. The number of rotatable bonds is 9. The molecule has 1 aromatic heterocycles. The number of nitrogens with zero attached hydrogens (tertiary/aromatic N) is 2. The molecule has 0 amide bonds. The average molecular weight is 377 g/mol. The summed E-state index contributed by atoms with van der Waals surface area (Å²) in [5, 5.41) is 9.63. The molecule has 0 fully saturated rings. The van der Waals surface area contributed by atoms with E-state index in [9.17, 15) is 5.11 Å². The Morgan fingerprint density at radius 2 is 1.57 bits per heavy atom. The van der Waals surface area contributed by atoms with Crippen LogP contribution in [0.5, 0.6) is 5.75 Å². The first-order chi connectivity index (χ1) is 13.7. The van der Waals surface area contributed by atoms with Crippen LogP contribution in [0.2, 0.25) is 0 Å². The van der Waals surface area contributed by atoms with Gasteiger partial charge in [-0.15, -0.1) is 0 Å². The number of hydrogen-bond donors (Lipinski definition) is 1. The van der Waals surface area contributed by atoms with Gasteiger partial charge >= 0.3 is 0 Å². The Hall–Kier alpha value is -2.69. The molecule has 0 unspecified atom stereocenters. The summed E-state index contributed by atoms with van der Waals surface area (Å²) in [7, 11) is 1.63. The van der Waals surface area contributed by atoms with Crippen molar-refractivity contribution in [3.8, 4) is 5.75 Å². The maximum absolute atomic E-state index is 9.63. The van der Waals surface area contributed by atoms with E-state index in [1.807, 2.05) is 24.4 Å². The third-order valence-electron chi connectivity index (χ3n) is 4.89. The lowest BCUT2D eigenvalue weighted by molar-refractivity contribution is 0.246. The van der Waals surface area contributed by atoms with Crippen molar-refractivity contribution in [2.24, 2.45) is 0 Å². The fraction of sp³-hybridized carbons (Fsp3) is 0.292. The number of benzene rings is 2. The molecule has 0 aliphatic rings. The lowest BCUT2D eigenvalue weighted by atomic mass is 10.1. The van der Waals surface area contributed by atoms with Gasteiger partial charge in [0, 0.05) is 37.6 Å². The summed E-state index contributed by atoms with van der Waals surface area (Å²) in [4.78, 5) is 6.64. The second-order valence-electron chi connectivity index (χ2n) is 6.98. The third kappa shape index (κ3) is 5.41.